The lowest BCUT2D eigenvalue weighted by atomic mass is 10.0. The third kappa shape index (κ3) is 5.56. The van der Waals surface area contributed by atoms with Crippen LogP contribution in [0.2, 0.25) is 0 Å². The molecular formula is C27H34N2O4. The van der Waals surface area contributed by atoms with Gasteiger partial charge in [0.05, 0.1) is 19.2 Å². The number of carboxylic acid groups (broad SMARTS) is 1. The zero-order valence-electron chi connectivity index (χ0n) is 20.0. The van der Waals surface area contributed by atoms with Crippen LogP contribution in [0.5, 0.6) is 5.75 Å². The van der Waals surface area contributed by atoms with Crippen molar-refractivity contribution in [3.63, 3.8) is 0 Å². The molecule has 6 nitrogen and oxygen atoms in total. The van der Waals surface area contributed by atoms with Crippen LogP contribution in [0.25, 0.3) is 10.9 Å². The van der Waals surface area contributed by atoms with E-state index in [-0.39, 0.29) is 11.5 Å². The van der Waals surface area contributed by atoms with Gasteiger partial charge in [-0.3, -0.25) is 4.79 Å². The number of benzene rings is 2. The van der Waals surface area contributed by atoms with Gasteiger partial charge in [0.25, 0.3) is 5.91 Å². The van der Waals surface area contributed by atoms with Crippen molar-refractivity contribution in [3.8, 4) is 5.75 Å². The molecule has 2 N–H and O–H groups in total. The molecule has 0 aliphatic carbocycles. The number of aromatic nitrogens is 1. The Kier molecular flexibility index (Phi) is 8.15. The van der Waals surface area contributed by atoms with Crippen molar-refractivity contribution < 1.29 is 19.4 Å². The van der Waals surface area contributed by atoms with Crippen LogP contribution in [-0.4, -0.2) is 35.2 Å². The van der Waals surface area contributed by atoms with E-state index in [4.69, 9.17) is 4.74 Å². The first-order chi connectivity index (χ1) is 15.9. The first-order valence-electron chi connectivity index (χ1n) is 11.7. The minimum absolute atomic E-state index is 0.0583. The molecule has 0 spiro atoms. The maximum Gasteiger partial charge on any atom is 0.335 e. The number of hydrogen-bond donors (Lipinski definition) is 2. The summed E-state index contributed by atoms with van der Waals surface area (Å²) in [4.78, 5) is 24.2. The number of nitrogens with zero attached hydrogens (tertiary/aromatic N) is 1. The van der Waals surface area contributed by atoms with Crippen molar-refractivity contribution in [2.24, 2.45) is 5.92 Å². The first kappa shape index (κ1) is 24.4. The summed E-state index contributed by atoms with van der Waals surface area (Å²) >= 11 is 0. The standard InChI is InChI=1S/C27H34N2O4/c1-5-8-21-16-29(17-22-10-9-20(27(31)32)14-25(22)33-4)24-13-19(11-12-23(21)24)26(30)28-15-18(6-2)7-3/h9-14,16,18H,5-8,15,17H2,1-4H3,(H,28,30)(H,31,32). The van der Waals surface area contributed by atoms with E-state index < -0.39 is 5.97 Å². The van der Waals surface area contributed by atoms with Gasteiger partial charge < -0.3 is 19.7 Å². The van der Waals surface area contributed by atoms with Crippen LogP contribution in [-0.2, 0) is 13.0 Å². The second-order valence-electron chi connectivity index (χ2n) is 8.49. The van der Waals surface area contributed by atoms with E-state index in [1.165, 1.54) is 5.56 Å². The normalized spacial score (nSPS) is 11.2. The highest BCUT2D eigenvalue weighted by Gasteiger charge is 2.15. The van der Waals surface area contributed by atoms with Crippen molar-refractivity contribution in [2.45, 2.75) is 53.0 Å². The third-order valence-corrected chi connectivity index (χ3v) is 6.33. The van der Waals surface area contributed by atoms with Crippen molar-refractivity contribution >= 4 is 22.8 Å². The average Bonchev–Trinajstić information content (AvgIpc) is 3.16. The van der Waals surface area contributed by atoms with E-state index in [9.17, 15) is 14.7 Å². The Labute approximate surface area is 195 Å². The zero-order chi connectivity index (χ0) is 24.0. The molecule has 0 saturated heterocycles. The fourth-order valence-corrected chi connectivity index (χ4v) is 4.22. The Morgan fingerprint density at radius 2 is 1.76 bits per heavy atom. The second kappa shape index (κ2) is 11.0. The van der Waals surface area contributed by atoms with Gasteiger partial charge in [0.1, 0.15) is 5.75 Å². The number of carbonyl (C=O) groups is 2. The molecular weight excluding hydrogens is 416 g/mol. The molecule has 1 amide bonds. The summed E-state index contributed by atoms with van der Waals surface area (Å²) in [5, 5.41) is 13.5. The SMILES string of the molecule is CCCc1cn(Cc2ccc(C(=O)O)cc2OC)c2cc(C(=O)NCC(CC)CC)ccc12. The Morgan fingerprint density at radius 3 is 2.39 bits per heavy atom. The van der Waals surface area contributed by atoms with Crippen molar-refractivity contribution in [1.82, 2.24) is 9.88 Å². The number of carbonyl (C=O) groups excluding carboxylic acids is 1. The van der Waals surface area contributed by atoms with Crippen LogP contribution in [0, 0.1) is 5.92 Å². The molecule has 2 aromatic carbocycles. The number of fused-ring (bicyclic) bond motifs is 1. The van der Waals surface area contributed by atoms with Crippen molar-refractivity contribution in [1.29, 1.82) is 0 Å². The number of carboxylic acids is 1. The smallest absolute Gasteiger partial charge is 0.335 e. The molecule has 1 heterocycles. The van der Waals surface area contributed by atoms with Gasteiger partial charge in [-0.25, -0.2) is 4.79 Å². The molecule has 0 bridgehead atoms. The van der Waals surface area contributed by atoms with Crippen LogP contribution < -0.4 is 10.1 Å². The maximum atomic E-state index is 12.8. The highest BCUT2D eigenvalue weighted by molar-refractivity contribution is 5.98. The third-order valence-electron chi connectivity index (χ3n) is 6.33. The lowest BCUT2D eigenvalue weighted by Crippen LogP contribution is -2.28. The summed E-state index contributed by atoms with van der Waals surface area (Å²) in [6.07, 6.45) is 6.18. The van der Waals surface area contributed by atoms with Gasteiger partial charge in [-0.05, 0) is 42.2 Å². The van der Waals surface area contributed by atoms with Gasteiger partial charge in [0, 0.05) is 34.8 Å². The number of amides is 1. The molecule has 0 unspecified atom stereocenters. The van der Waals surface area contributed by atoms with E-state index in [2.05, 4.69) is 36.9 Å². The van der Waals surface area contributed by atoms with Crippen LogP contribution in [0.15, 0.2) is 42.6 Å². The largest absolute Gasteiger partial charge is 0.496 e. The van der Waals surface area contributed by atoms with E-state index >= 15 is 0 Å². The molecule has 0 atom stereocenters. The fourth-order valence-electron chi connectivity index (χ4n) is 4.22. The van der Waals surface area contributed by atoms with Gasteiger partial charge in [0.15, 0.2) is 0 Å². The molecule has 3 aromatic rings. The Bertz CT molecular complexity index is 1130. The Hall–Kier alpha value is -3.28. The molecule has 3 rings (SSSR count). The summed E-state index contributed by atoms with van der Waals surface area (Å²) in [5.41, 5.74) is 3.93. The first-order valence-corrected chi connectivity index (χ1v) is 11.7. The minimum atomic E-state index is -0.986. The minimum Gasteiger partial charge on any atom is -0.496 e. The number of methoxy groups -OCH3 is 1. The van der Waals surface area contributed by atoms with Crippen LogP contribution >= 0.6 is 0 Å². The number of aromatic carboxylic acids is 1. The maximum absolute atomic E-state index is 12.8. The monoisotopic (exact) mass is 450 g/mol. The second-order valence-corrected chi connectivity index (χ2v) is 8.49. The molecule has 0 aliphatic heterocycles. The van der Waals surface area contributed by atoms with Crippen LogP contribution in [0.4, 0.5) is 0 Å². The number of ether oxygens (including phenoxy) is 1. The number of rotatable bonds is 11. The number of nitrogens with one attached hydrogen (secondary N) is 1. The molecule has 0 aliphatic rings. The summed E-state index contributed by atoms with van der Waals surface area (Å²) in [7, 11) is 1.54. The van der Waals surface area contributed by atoms with E-state index in [0.29, 0.717) is 30.3 Å². The van der Waals surface area contributed by atoms with Gasteiger partial charge in [-0.2, -0.15) is 0 Å². The van der Waals surface area contributed by atoms with Crippen LogP contribution in [0.3, 0.4) is 0 Å². The molecule has 1 aromatic heterocycles. The topological polar surface area (TPSA) is 80.6 Å². The molecule has 176 valence electrons. The summed E-state index contributed by atoms with van der Waals surface area (Å²) in [6, 6.07) is 10.8. The molecule has 0 radical (unpaired) electrons. The summed E-state index contributed by atoms with van der Waals surface area (Å²) < 4.78 is 7.59. The van der Waals surface area contributed by atoms with Crippen molar-refractivity contribution in [3.05, 3.63) is 64.8 Å². The highest BCUT2D eigenvalue weighted by atomic mass is 16.5. The summed E-state index contributed by atoms with van der Waals surface area (Å²) in [5.74, 6) is -0.0238. The summed E-state index contributed by atoms with van der Waals surface area (Å²) in [6.45, 7) is 7.63. The number of hydrogen-bond acceptors (Lipinski definition) is 3. The van der Waals surface area contributed by atoms with E-state index in [1.807, 2.05) is 18.2 Å². The predicted molar refractivity (Wildman–Crippen MR) is 131 cm³/mol. The van der Waals surface area contributed by atoms with E-state index in [1.54, 1.807) is 25.3 Å². The molecule has 6 heteroatoms. The number of aryl methyl sites for hydroxylation is 1. The van der Waals surface area contributed by atoms with Gasteiger partial charge in [0.2, 0.25) is 0 Å². The highest BCUT2D eigenvalue weighted by Crippen LogP contribution is 2.28. The van der Waals surface area contributed by atoms with Gasteiger partial charge >= 0.3 is 5.97 Å². The zero-order valence-corrected chi connectivity index (χ0v) is 20.0. The Morgan fingerprint density at radius 1 is 1.03 bits per heavy atom. The Balaban J connectivity index is 1.96. The van der Waals surface area contributed by atoms with Crippen molar-refractivity contribution in [2.75, 3.05) is 13.7 Å². The molecule has 0 fully saturated rings. The average molecular weight is 451 g/mol. The van der Waals surface area contributed by atoms with Crippen LogP contribution in [0.1, 0.15) is 71.9 Å². The lowest BCUT2D eigenvalue weighted by molar-refractivity contribution is 0.0696. The predicted octanol–water partition coefficient (Wildman–Crippen LogP) is 5.51. The van der Waals surface area contributed by atoms with E-state index in [0.717, 1.165) is 42.1 Å². The van der Waals surface area contributed by atoms with Gasteiger partial charge in [-0.15, -0.1) is 0 Å². The fraction of sp³-hybridized carbons (Fsp3) is 0.407. The molecule has 0 saturated carbocycles. The molecule has 33 heavy (non-hydrogen) atoms. The lowest BCUT2D eigenvalue weighted by Gasteiger charge is -2.14. The quantitative estimate of drug-likeness (QED) is 0.403. The van der Waals surface area contributed by atoms with Gasteiger partial charge in [-0.1, -0.05) is 52.2 Å².